The zero-order valence-electron chi connectivity index (χ0n) is 8.75. The quantitative estimate of drug-likeness (QED) is 0.454. The number of benzene rings is 1. The van der Waals surface area contributed by atoms with Crippen molar-refractivity contribution in [1.29, 1.82) is 0 Å². The first-order valence-electron chi connectivity index (χ1n) is 4.87. The fraction of sp³-hybridized carbons (Fsp3) is 0.200. The van der Waals surface area contributed by atoms with Gasteiger partial charge in [-0.15, -0.1) is 0 Å². The number of carbonyl (C=O) groups is 1. The van der Waals surface area contributed by atoms with Crippen LogP contribution >= 0.6 is 0 Å². The van der Waals surface area contributed by atoms with Crippen LogP contribution in [-0.2, 0) is 21.1 Å². The summed E-state index contributed by atoms with van der Waals surface area (Å²) in [7, 11) is -3.14. The minimum atomic E-state index is -3.14. The lowest BCUT2D eigenvalue weighted by Gasteiger charge is -2.04. The molecule has 0 aromatic heterocycles. The van der Waals surface area contributed by atoms with E-state index in [1.165, 1.54) is 12.1 Å². The molecule has 2 rings (SSSR count). The summed E-state index contributed by atoms with van der Waals surface area (Å²) < 4.78 is 23.1. The fourth-order valence-corrected chi connectivity index (χ4v) is 3.28. The second kappa shape index (κ2) is 4.17. The Hall–Kier alpha value is -1.89. The number of aryl methyl sites for hydroxylation is 1. The minimum Gasteiger partial charge on any atom is -0.411 e. The maximum absolute atomic E-state index is 11.5. The number of amides is 1. The van der Waals surface area contributed by atoms with Gasteiger partial charge in [-0.2, -0.15) is 0 Å². The van der Waals surface area contributed by atoms with Crippen LogP contribution in [-0.4, -0.2) is 31.5 Å². The van der Waals surface area contributed by atoms with E-state index in [-0.39, 0.29) is 5.75 Å². The molecule has 0 saturated carbocycles. The zero-order chi connectivity index (χ0) is 12.5. The molecule has 0 unspecified atom stereocenters. The molecule has 1 amide bonds. The van der Waals surface area contributed by atoms with Gasteiger partial charge in [-0.3, -0.25) is 4.79 Å². The number of fused-ring (bicyclic) bond motifs is 1. The summed E-state index contributed by atoms with van der Waals surface area (Å²) in [6.07, 6.45) is 1.18. The van der Waals surface area contributed by atoms with Crippen LogP contribution in [0.3, 0.4) is 0 Å². The van der Waals surface area contributed by atoms with Crippen molar-refractivity contribution in [3.05, 3.63) is 23.8 Å². The predicted octanol–water partition coefficient (Wildman–Crippen LogP) is 0.415. The molecule has 0 radical (unpaired) electrons. The Kier molecular flexibility index (Phi) is 2.84. The van der Waals surface area contributed by atoms with Gasteiger partial charge in [0.2, 0.25) is 0 Å². The van der Waals surface area contributed by atoms with Gasteiger partial charge < -0.3 is 10.5 Å². The van der Waals surface area contributed by atoms with Crippen LogP contribution in [0.2, 0.25) is 0 Å². The topological polar surface area (TPSA) is 95.8 Å². The first kappa shape index (κ1) is 11.6. The highest BCUT2D eigenvalue weighted by Gasteiger charge is 2.25. The van der Waals surface area contributed by atoms with E-state index in [0.29, 0.717) is 22.6 Å². The number of nitrogens with zero attached hydrogens (tertiary/aromatic N) is 1. The Morgan fingerprint density at radius 3 is 2.94 bits per heavy atom. The van der Waals surface area contributed by atoms with Crippen molar-refractivity contribution in [1.82, 2.24) is 0 Å². The molecule has 0 aliphatic carbocycles. The summed E-state index contributed by atoms with van der Waals surface area (Å²) in [6.45, 7) is 0. The van der Waals surface area contributed by atoms with Gasteiger partial charge in [-0.05, 0) is 30.2 Å². The van der Waals surface area contributed by atoms with E-state index >= 15 is 0 Å². The summed E-state index contributed by atoms with van der Waals surface area (Å²) in [6, 6.07) is 4.59. The molecule has 0 saturated heterocycles. The Balaban J connectivity index is 2.28. The number of hydrogen-bond acceptors (Lipinski definition) is 5. The number of anilines is 1. The maximum Gasteiger partial charge on any atom is 0.270 e. The average molecular weight is 254 g/mol. The molecular weight excluding hydrogens is 244 g/mol. The summed E-state index contributed by atoms with van der Waals surface area (Å²) in [5.74, 6) is -0.467. The molecule has 1 aromatic carbocycles. The van der Waals surface area contributed by atoms with Crippen LogP contribution in [0.15, 0.2) is 28.3 Å². The molecule has 0 atom stereocenters. The molecule has 7 heteroatoms. The largest absolute Gasteiger partial charge is 0.411 e. The number of sulfone groups is 1. The smallest absolute Gasteiger partial charge is 0.270 e. The third-order valence-electron chi connectivity index (χ3n) is 2.48. The summed E-state index contributed by atoms with van der Waals surface area (Å²) in [5, 5.41) is 13.2. The fourth-order valence-electron chi connectivity index (χ4n) is 1.74. The van der Waals surface area contributed by atoms with Crippen molar-refractivity contribution in [3.63, 3.8) is 0 Å². The highest BCUT2D eigenvalue weighted by Crippen LogP contribution is 2.28. The first-order chi connectivity index (χ1) is 8.03. The van der Waals surface area contributed by atoms with Crippen molar-refractivity contribution in [3.8, 4) is 0 Å². The van der Waals surface area contributed by atoms with Crippen molar-refractivity contribution < 1.29 is 18.4 Å². The lowest BCUT2D eigenvalue weighted by Crippen LogP contribution is -2.12. The monoisotopic (exact) mass is 254 g/mol. The van der Waals surface area contributed by atoms with Gasteiger partial charge >= 0.3 is 0 Å². The number of nitrogens with one attached hydrogen (secondary N) is 1. The van der Waals surface area contributed by atoms with E-state index in [1.807, 2.05) is 0 Å². The van der Waals surface area contributed by atoms with Gasteiger partial charge in [-0.25, -0.2) is 8.42 Å². The molecule has 17 heavy (non-hydrogen) atoms. The Morgan fingerprint density at radius 2 is 2.24 bits per heavy atom. The first-order valence-corrected chi connectivity index (χ1v) is 6.52. The maximum atomic E-state index is 11.5. The molecular formula is C10H10N2O4S. The number of carbonyl (C=O) groups excluding carboxylic acids is 1. The predicted molar refractivity (Wildman–Crippen MR) is 61.1 cm³/mol. The highest BCUT2D eigenvalue weighted by atomic mass is 32.2. The Bertz CT molecular complexity index is 592. The Morgan fingerprint density at radius 1 is 1.47 bits per heavy atom. The van der Waals surface area contributed by atoms with E-state index in [1.54, 1.807) is 6.07 Å². The SMILES string of the molecule is O=C(/C=N\O)Nc1ccc2c(c1)CCS2(=O)=O. The minimum absolute atomic E-state index is 0.109. The summed E-state index contributed by atoms with van der Waals surface area (Å²) in [5.41, 5.74) is 1.18. The average Bonchev–Trinajstić information content (AvgIpc) is 2.55. The molecule has 1 aliphatic rings. The standard InChI is InChI=1S/C10H10N2O4S/c13-10(6-11-14)12-8-1-2-9-7(5-8)3-4-17(9,15)16/h1-2,5-6,14H,3-4H2,(H,12,13)/b11-6-. The van der Waals surface area contributed by atoms with E-state index < -0.39 is 15.7 Å². The molecule has 0 bridgehead atoms. The van der Waals surface area contributed by atoms with Crippen molar-refractivity contribution >= 4 is 27.6 Å². The summed E-state index contributed by atoms with van der Waals surface area (Å²) in [4.78, 5) is 11.4. The normalized spacial score (nSPS) is 16.9. The lowest BCUT2D eigenvalue weighted by molar-refractivity contribution is -0.110. The van der Waals surface area contributed by atoms with E-state index in [9.17, 15) is 13.2 Å². The Labute approximate surface area is 97.9 Å². The van der Waals surface area contributed by atoms with E-state index in [4.69, 9.17) is 5.21 Å². The van der Waals surface area contributed by atoms with Crippen LogP contribution < -0.4 is 5.32 Å². The number of hydrogen-bond donors (Lipinski definition) is 2. The van der Waals surface area contributed by atoms with Gasteiger partial charge in [0, 0.05) is 5.69 Å². The van der Waals surface area contributed by atoms with Crippen LogP contribution in [0.25, 0.3) is 0 Å². The molecule has 6 nitrogen and oxygen atoms in total. The molecule has 0 spiro atoms. The van der Waals surface area contributed by atoms with Crippen LogP contribution in [0.1, 0.15) is 5.56 Å². The van der Waals surface area contributed by atoms with Gasteiger partial charge in [0.05, 0.1) is 10.6 Å². The van der Waals surface area contributed by atoms with Crippen molar-refractivity contribution in [2.75, 3.05) is 11.1 Å². The highest BCUT2D eigenvalue weighted by molar-refractivity contribution is 7.91. The number of rotatable bonds is 2. The van der Waals surface area contributed by atoms with E-state index in [2.05, 4.69) is 10.5 Å². The van der Waals surface area contributed by atoms with Crippen LogP contribution in [0.4, 0.5) is 5.69 Å². The lowest BCUT2D eigenvalue weighted by atomic mass is 10.1. The molecule has 2 N–H and O–H groups in total. The van der Waals surface area contributed by atoms with Crippen molar-refractivity contribution in [2.45, 2.75) is 11.3 Å². The van der Waals surface area contributed by atoms with E-state index in [0.717, 1.165) is 6.21 Å². The van der Waals surface area contributed by atoms with Crippen molar-refractivity contribution in [2.24, 2.45) is 5.16 Å². The van der Waals surface area contributed by atoms with Gasteiger partial charge in [0.1, 0.15) is 6.21 Å². The number of oxime groups is 1. The molecule has 1 aromatic rings. The molecule has 0 fully saturated rings. The van der Waals surface area contributed by atoms with Gasteiger partial charge in [-0.1, -0.05) is 5.16 Å². The molecule has 1 aliphatic heterocycles. The van der Waals surface area contributed by atoms with Gasteiger partial charge in [0.25, 0.3) is 5.91 Å². The molecule has 90 valence electrons. The van der Waals surface area contributed by atoms with Gasteiger partial charge in [0.15, 0.2) is 9.84 Å². The third-order valence-corrected chi connectivity index (χ3v) is 4.29. The molecule has 1 heterocycles. The third kappa shape index (κ3) is 2.28. The van der Waals surface area contributed by atoms with Crippen LogP contribution in [0.5, 0.6) is 0 Å². The summed E-state index contributed by atoms with van der Waals surface area (Å²) >= 11 is 0. The second-order valence-corrected chi connectivity index (χ2v) is 5.70. The second-order valence-electron chi connectivity index (χ2n) is 3.63. The van der Waals surface area contributed by atoms with Crippen LogP contribution in [0, 0.1) is 0 Å². The zero-order valence-corrected chi connectivity index (χ0v) is 9.57.